The van der Waals surface area contributed by atoms with Gasteiger partial charge in [0, 0.05) is 16.9 Å². The fraction of sp³-hybridized carbons (Fsp3) is 0.364. The Balaban J connectivity index is 2.09. The van der Waals surface area contributed by atoms with Gasteiger partial charge in [-0.2, -0.15) is 0 Å². The topological polar surface area (TPSA) is 46.3 Å². The van der Waals surface area contributed by atoms with E-state index >= 15 is 0 Å². The molecule has 0 aliphatic rings. The molecule has 1 N–H and O–H groups in total. The zero-order valence-electron chi connectivity index (χ0n) is 8.73. The number of aliphatic hydroxyl groups is 1. The summed E-state index contributed by atoms with van der Waals surface area (Å²) in [6.07, 6.45) is 3.17. The molecule has 0 spiro atoms. The van der Waals surface area contributed by atoms with Gasteiger partial charge in [-0.25, -0.2) is 4.98 Å². The van der Waals surface area contributed by atoms with Crippen LogP contribution in [0.3, 0.4) is 0 Å². The Morgan fingerprint density at radius 3 is 2.87 bits per heavy atom. The van der Waals surface area contributed by atoms with E-state index in [9.17, 15) is 5.11 Å². The third-order valence-corrected chi connectivity index (χ3v) is 3.46. The van der Waals surface area contributed by atoms with Crippen LogP contribution in [0.5, 0.6) is 0 Å². The van der Waals surface area contributed by atoms with E-state index in [4.69, 9.17) is 4.42 Å². The second-order valence-corrected chi connectivity index (χ2v) is 4.81. The van der Waals surface area contributed by atoms with Gasteiger partial charge in [-0.05, 0) is 19.9 Å². The fourth-order valence-corrected chi connectivity index (χ4v) is 2.34. The minimum absolute atomic E-state index is 0.520. The molecule has 15 heavy (non-hydrogen) atoms. The van der Waals surface area contributed by atoms with Gasteiger partial charge in [-0.3, -0.25) is 0 Å². The summed E-state index contributed by atoms with van der Waals surface area (Å²) in [6.45, 7) is 4.03. The van der Waals surface area contributed by atoms with Crippen molar-refractivity contribution in [2.75, 3.05) is 0 Å². The maximum atomic E-state index is 9.87. The molecule has 0 bridgehead atoms. The van der Waals surface area contributed by atoms with Crippen molar-refractivity contribution >= 4 is 11.3 Å². The highest BCUT2D eigenvalue weighted by Crippen LogP contribution is 2.23. The highest BCUT2D eigenvalue weighted by atomic mass is 32.1. The summed E-state index contributed by atoms with van der Waals surface area (Å²) in [5.74, 6) is 0. The molecular formula is C11H13NO2S. The number of aromatic nitrogens is 1. The molecule has 0 radical (unpaired) electrons. The van der Waals surface area contributed by atoms with Crippen LogP contribution < -0.4 is 0 Å². The van der Waals surface area contributed by atoms with Crippen LogP contribution in [0.25, 0.3) is 0 Å². The number of hydrogen-bond donors (Lipinski definition) is 1. The molecule has 80 valence electrons. The first-order valence-electron chi connectivity index (χ1n) is 4.80. The van der Waals surface area contributed by atoms with Crippen molar-refractivity contribution < 1.29 is 9.52 Å². The third-order valence-electron chi connectivity index (χ3n) is 2.37. The van der Waals surface area contributed by atoms with Crippen molar-refractivity contribution in [2.24, 2.45) is 0 Å². The standard InChI is InChI=1S/C11H13NO2S/c1-7-8(2)15-11(12-7)5-10(13)9-3-4-14-6-9/h3-4,6,10,13H,5H2,1-2H3. The second kappa shape index (κ2) is 4.16. The van der Waals surface area contributed by atoms with Gasteiger partial charge >= 0.3 is 0 Å². The minimum atomic E-state index is -0.520. The highest BCUT2D eigenvalue weighted by molar-refractivity contribution is 7.11. The summed E-state index contributed by atoms with van der Waals surface area (Å²) < 4.78 is 4.93. The van der Waals surface area contributed by atoms with Crippen LogP contribution in [0, 0.1) is 13.8 Å². The van der Waals surface area contributed by atoms with E-state index in [2.05, 4.69) is 4.98 Å². The lowest BCUT2D eigenvalue weighted by atomic mass is 10.1. The quantitative estimate of drug-likeness (QED) is 0.870. The molecule has 2 aromatic heterocycles. The molecule has 3 nitrogen and oxygen atoms in total. The molecule has 1 unspecified atom stereocenters. The van der Waals surface area contributed by atoms with E-state index in [1.54, 1.807) is 29.9 Å². The summed E-state index contributed by atoms with van der Waals surface area (Å²) >= 11 is 1.64. The molecule has 0 aromatic carbocycles. The van der Waals surface area contributed by atoms with Crippen molar-refractivity contribution in [1.82, 2.24) is 4.98 Å². The van der Waals surface area contributed by atoms with Gasteiger partial charge in [0.2, 0.25) is 0 Å². The van der Waals surface area contributed by atoms with Crippen LogP contribution in [0.15, 0.2) is 23.0 Å². The molecule has 0 fully saturated rings. The van der Waals surface area contributed by atoms with E-state index in [1.807, 2.05) is 13.8 Å². The van der Waals surface area contributed by atoms with Gasteiger partial charge in [0.15, 0.2) is 0 Å². The molecule has 1 atom stereocenters. The van der Waals surface area contributed by atoms with Gasteiger partial charge in [0.1, 0.15) is 0 Å². The molecule has 0 amide bonds. The minimum Gasteiger partial charge on any atom is -0.472 e. The molecule has 2 heterocycles. The van der Waals surface area contributed by atoms with Crippen LogP contribution in [0.2, 0.25) is 0 Å². The van der Waals surface area contributed by atoms with E-state index in [0.717, 1.165) is 16.3 Å². The largest absolute Gasteiger partial charge is 0.472 e. The SMILES string of the molecule is Cc1nc(CC(O)c2ccoc2)sc1C. The van der Waals surface area contributed by atoms with E-state index < -0.39 is 6.10 Å². The van der Waals surface area contributed by atoms with Crippen LogP contribution in [0.4, 0.5) is 0 Å². The van der Waals surface area contributed by atoms with Gasteiger partial charge in [-0.1, -0.05) is 0 Å². The summed E-state index contributed by atoms with van der Waals surface area (Å²) in [5, 5.41) is 10.8. The van der Waals surface area contributed by atoms with Crippen molar-refractivity contribution in [1.29, 1.82) is 0 Å². The lowest BCUT2D eigenvalue weighted by molar-refractivity contribution is 0.177. The number of rotatable bonds is 3. The Labute approximate surface area is 92.4 Å². The molecule has 2 aromatic rings. The predicted molar refractivity (Wildman–Crippen MR) is 59.0 cm³/mol. The first-order valence-corrected chi connectivity index (χ1v) is 5.61. The Kier molecular flexibility index (Phi) is 2.88. The Hall–Kier alpha value is -1.13. The monoisotopic (exact) mass is 223 g/mol. The first kappa shape index (κ1) is 10.4. The average Bonchev–Trinajstić information content (AvgIpc) is 2.77. The van der Waals surface area contributed by atoms with Crippen molar-refractivity contribution in [3.05, 3.63) is 39.7 Å². The lowest BCUT2D eigenvalue weighted by Crippen LogP contribution is -1.99. The molecule has 0 aliphatic carbocycles. The third kappa shape index (κ3) is 2.27. The molecule has 0 aliphatic heterocycles. The zero-order valence-corrected chi connectivity index (χ0v) is 9.54. The van der Waals surface area contributed by atoms with Gasteiger partial charge in [0.25, 0.3) is 0 Å². The number of aliphatic hydroxyl groups excluding tert-OH is 1. The van der Waals surface area contributed by atoms with Crippen LogP contribution in [0.1, 0.15) is 27.2 Å². The van der Waals surface area contributed by atoms with Gasteiger partial charge in [-0.15, -0.1) is 11.3 Å². The van der Waals surface area contributed by atoms with Crippen LogP contribution in [-0.2, 0) is 6.42 Å². The fourth-order valence-electron chi connectivity index (χ4n) is 1.37. The van der Waals surface area contributed by atoms with Gasteiger partial charge < -0.3 is 9.52 Å². The number of hydrogen-bond acceptors (Lipinski definition) is 4. The Morgan fingerprint density at radius 1 is 1.53 bits per heavy atom. The Bertz CT molecular complexity index is 414. The van der Waals surface area contributed by atoms with E-state index in [-0.39, 0.29) is 0 Å². The number of nitrogens with zero attached hydrogens (tertiary/aromatic N) is 1. The van der Waals surface area contributed by atoms with Crippen LogP contribution >= 0.6 is 11.3 Å². The van der Waals surface area contributed by atoms with Crippen molar-refractivity contribution in [3.63, 3.8) is 0 Å². The zero-order chi connectivity index (χ0) is 10.8. The number of thiazole rings is 1. The van der Waals surface area contributed by atoms with Crippen molar-refractivity contribution in [2.45, 2.75) is 26.4 Å². The molecule has 4 heteroatoms. The molecule has 0 saturated carbocycles. The molecule has 2 rings (SSSR count). The lowest BCUT2D eigenvalue weighted by Gasteiger charge is -2.04. The van der Waals surface area contributed by atoms with E-state index in [0.29, 0.717) is 6.42 Å². The van der Waals surface area contributed by atoms with Crippen molar-refractivity contribution in [3.8, 4) is 0 Å². The highest BCUT2D eigenvalue weighted by Gasteiger charge is 2.13. The number of furan rings is 1. The smallest absolute Gasteiger partial charge is 0.0960 e. The summed E-state index contributed by atoms with van der Waals surface area (Å²) in [6, 6.07) is 1.78. The second-order valence-electron chi connectivity index (χ2n) is 3.53. The summed E-state index contributed by atoms with van der Waals surface area (Å²) in [4.78, 5) is 5.60. The number of aryl methyl sites for hydroxylation is 2. The summed E-state index contributed by atoms with van der Waals surface area (Å²) in [7, 11) is 0. The molecular weight excluding hydrogens is 210 g/mol. The van der Waals surface area contributed by atoms with Gasteiger partial charge in [0.05, 0.1) is 29.3 Å². The average molecular weight is 223 g/mol. The first-order chi connectivity index (χ1) is 7.16. The Morgan fingerprint density at radius 2 is 2.33 bits per heavy atom. The maximum Gasteiger partial charge on any atom is 0.0960 e. The maximum absolute atomic E-state index is 9.87. The van der Waals surface area contributed by atoms with Crippen LogP contribution in [-0.4, -0.2) is 10.1 Å². The van der Waals surface area contributed by atoms with E-state index in [1.165, 1.54) is 4.88 Å². The molecule has 0 saturated heterocycles. The normalized spacial score (nSPS) is 13.0. The summed E-state index contributed by atoms with van der Waals surface area (Å²) in [5.41, 5.74) is 1.86. The predicted octanol–water partition coefficient (Wildman–Crippen LogP) is 2.63.